The van der Waals surface area contributed by atoms with E-state index >= 15 is 0 Å². The van der Waals surface area contributed by atoms with Gasteiger partial charge in [-0.2, -0.15) is 0 Å². The first-order chi connectivity index (χ1) is 6.26. The molecule has 1 aliphatic heterocycles. The van der Waals surface area contributed by atoms with Gasteiger partial charge in [0.05, 0.1) is 19.9 Å². The Morgan fingerprint density at radius 2 is 2.14 bits per heavy atom. The molecule has 0 saturated carbocycles. The molecule has 0 aromatic heterocycles. The molecule has 0 aromatic rings. The maximum Gasteiger partial charge on any atom is 0.229 e. The van der Waals surface area contributed by atoms with E-state index in [1.54, 1.807) is 13.8 Å². The van der Waals surface area contributed by atoms with Gasteiger partial charge in [-0.25, -0.2) is 0 Å². The normalized spacial score (nSPS) is 22.6. The lowest BCUT2D eigenvalue weighted by atomic mass is 10.0. The van der Waals surface area contributed by atoms with Gasteiger partial charge in [0.2, 0.25) is 5.54 Å². The average molecular weight is 202 g/mol. The van der Waals surface area contributed by atoms with E-state index in [0.717, 1.165) is 0 Å². The van der Waals surface area contributed by atoms with E-state index in [0.29, 0.717) is 19.9 Å². The summed E-state index contributed by atoms with van der Waals surface area (Å²) in [5.74, 6) is 0. The van der Waals surface area contributed by atoms with Gasteiger partial charge in [0.1, 0.15) is 0 Å². The van der Waals surface area contributed by atoms with Gasteiger partial charge in [0, 0.05) is 24.3 Å². The Morgan fingerprint density at radius 3 is 2.50 bits per heavy atom. The predicted octanol–water partition coefficient (Wildman–Crippen LogP) is 1.11. The molecular formula is C9H18N2O3. The van der Waals surface area contributed by atoms with Crippen molar-refractivity contribution in [3.63, 3.8) is 0 Å². The maximum atomic E-state index is 10.8. The molecular weight excluding hydrogens is 184 g/mol. The standard InChI is InChI=1S/C9H18N2O3/c1-8(2,11(12)13)5-10-7-14-6-9(10,3)4/h5-7H2,1-4H3. The Morgan fingerprint density at radius 1 is 1.57 bits per heavy atom. The highest BCUT2D eigenvalue weighted by molar-refractivity contribution is 4.87. The van der Waals surface area contributed by atoms with Crippen molar-refractivity contribution in [3.8, 4) is 0 Å². The summed E-state index contributed by atoms with van der Waals surface area (Å²) < 4.78 is 5.30. The third-order valence-electron chi connectivity index (χ3n) is 2.63. The van der Waals surface area contributed by atoms with Crippen LogP contribution in [0, 0.1) is 10.1 Å². The third-order valence-corrected chi connectivity index (χ3v) is 2.63. The summed E-state index contributed by atoms with van der Waals surface area (Å²) in [5.41, 5.74) is -1.00. The minimum atomic E-state index is -0.912. The lowest BCUT2D eigenvalue weighted by Gasteiger charge is -2.32. The van der Waals surface area contributed by atoms with Crippen molar-refractivity contribution >= 4 is 0 Å². The zero-order valence-electron chi connectivity index (χ0n) is 9.24. The molecule has 0 atom stereocenters. The highest BCUT2D eigenvalue weighted by Crippen LogP contribution is 2.24. The highest BCUT2D eigenvalue weighted by Gasteiger charge is 2.41. The molecule has 0 spiro atoms. The molecule has 0 aliphatic carbocycles. The average Bonchev–Trinajstić information content (AvgIpc) is 2.30. The summed E-state index contributed by atoms with van der Waals surface area (Å²) in [7, 11) is 0. The molecule has 0 aromatic carbocycles. The van der Waals surface area contributed by atoms with Crippen LogP contribution in [0.2, 0.25) is 0 Å². The second kappa shape index (κ2) is 3.47. The van der Waals surface area contributed by atoms with Crippen molar-refractivity contribution < 1.29 is 9.66 Å². The lowest BCUT2D eigenvalue weighted by molar-refractivity contribution is -0.561. The Labute approximate surface area is 84.2 Å². The van der Waals surface area contributed by atoms with Crippen LogP contribution in [0.15, 0.2) is 0 Å². The van der Waals surface area contributed by atoms with Crippen LogP contribution in [0.5, 0.6) is 0 Å². The van der Waals surface area contributed by atoms with Gasteiger partial charge < -0.3 is 4.74 Å². The molecule has 82 valence electrons. The summed E-state index contributed by atoms with van der Waals surface area (Å²) in [4.78, 5) is 12.5. The van der Waals surface area contributed by atoms with E-state index in [4.69, 9.17) is 4.74 Å². The molecule has 1 saturated heterocycles. The minimum Gasteiger partial charge on any atom is -0.364 e. The summed E-state index contributed by atoms with van der Waals surface area (Å²) in [5, 5.41) is 10.8. The van der Waals surface area contributed by atoms with Crippen LogP contribution in [0.1, 0.15) is 27.7 Å². The van der Waals surface area contributed by atoms with Crippen molar-refractivity contribution in [1.82, 2.24) is 4.90 Å². The quantitative estimate of drug-likeness (QED) is 0.508. The monoisotopic (exact) mass is 202 g/mol. The first kappa shape index (κ1) is 11.4. The van der Waals surface area contributed by atoms with Gasteiger partial charge in [-0.3, -0.25) is 15.0 Å². The SMILES string of the molecule is CC1(C)COCN1CC(C)(C)[N+](=O)[O-]. The Balaban J connectivity index is 2.65. The molecule has 0 bridgehead atoms. The van der Waals surface area contributed by atoms with Crippen LogP contribution in [0.25, 0.3) is 0 Å². The zero-order valence-corrected chi connectivity index (χ0v) is 9.24. The largest absolute Gasteiger partial charge is 0.364 e. The molecule has 0 unspecified atom stereocenters. The topological polar surface area (TPSA) is 55.6 Å². The van der Waals surface area contributed by atoms with E-state index in [-0.39, 0.29) is 10.5 Å². The first-order valence-electron chi connectivity index (χ1n) is 4.73. The van der Waals surface area contributed by atoms with Gasteiger partial charge in [0.25, 0.3) is 0 Å². The van der Waals surface area contributed by atoms with Crippen molar-refractivity contribution in [1.29, 1.82) is 0 Å². The van der Waals surface area contributed by atoms with Crippen LogP contribution in [0.4, 0.5) is 0 Å². The molecule has 1 rings (SSSR count). The highest BCUT2D eigenvalue weighted by atomic mass is 16.6. The number of hydrogen-bond acceptors (Lipinski definition) is 4. The Bertz CT molecular complexity index is 238. The van der Waals surface area contributed by atoms with Gasteiger partial charge in [-0.15, -0.1) is 0 Å². The van der Waals surface area contributed by atoms with Crippen molar-refractivity contribution in [2.24, 2.45) is 0 Å². The van der Waals surface area contributed by atoms with Crippen molar-refractivity contribution in [2.45, 2.75) is 38.8 Å². The van der Waals surface area contributed by atoms with Gasteiger partial charge in [0.15, 0.2) is 0 Å². The van der Waals surface area contributed by atoms with Crippen LogP contribution in [-0.2, 0) is 4.74 Å². The molecule has 1 aliphatic rings. The van der Waals surface area contributed by atoms with Gasteiger partial charge >= 0.3 is 0 Å². The Hall–Kier alpha value is -0.680. The third kappa shape index (κ3) is 2.22. The summed E-state index contributed by atoms with van der Waals surface area (Å²) >= 11 is 0. The van der Waals surface area contributed by atoms with E-state index < -0.39 is 5.54 Å². The van der Waals surface area contributed by atoms with E-state index in [1.165, 1.54) is 0 Å². The number of hydrogen-bond donors (Lipinski definition) is 0. The fraction of sp³-hybridized carbons (Fsp3) is 1.00. The molecule has 5 nitrogen and oxygen atoms in total. The second-order valence-corrected chi connectivity index (χ2v) is 5.06. The molecule has 1 fully saturated rings. The number of ether oxygens (including phenoxy) is 1. The zero-order chi connectivity index (χ0) is 11.0. The van der Waals surface area contributed by atoms with Crippen LogP contribution in [-0.4, -0.2) is 40.8 Å². The lowest BCUT2D eigenvalue weighted by Crippen LogP contribution is -2.50. The number of rotatable bonds is 3. The van der Waals surface area contributed by atoms with E-state index in [9.17, 15) is 10.1 Å². The molecule has 5 heteroatoms. The van der Waals surface area contributed by atoms with Gasteiger partial charge in [-0.1, -0.05) is 0 Å². The fourth-order valence-corrected chi connectivity index (χ4v) is 1.46. The Kier molecular flexibility index (Phi) is 2.83. The van der Waals surface area contributed by atoms with Crippen LogP contribution < -0.4 is 0 Å². The predicted molar refractivity (Wildman–Crippen MR) is 52.7 cm³/mol. The summed E-state index contributed by atoms with van der Waals surface area (Å²) in [6.45, 7) is 8.91. The maximum absolute atomic E-state index is 10.8. The van der Waals surface area contributed by atoms with Crippen LogP contribution in [0.3, 0.4) is 0 Å². The van der Waals surface area contributed by atoms with Gasteiger partial charge in [-0.05, 0) is 13.8 Å². The summed E-state index contributed by atoms with van der Waals surface area (Å²) in [6, 6.07) is 0. The smallest absolute Gasteiger partial charge is 0.229 e. The van der Waals surface area contributed by atoms with Crippen LogP contribution >= 0.6 is 0 Å². The summed E-state index contributed by atoms with van der Waals surface area (Å²) in [6.07, 6.45) is 0. The molecule has 0 N–H and O–H groups in total. The number of nitro groups is 1. The van der Waals surface area contributed by atoms with E-state index in [2.05, 4.69) is 0 Å². The first-order valence-corrected chi connectivity index (χ1v) is 4.73. The van der Waals surface area contributed by atoms with Crippen molar-refractivity contribution in [2.75, 3.05) is 19.9 Å². The minimum absolute atomic E-state index is 0.0900. The molecule has 14 heavy (non-hydrogen) atoms. The molecule has 1 heterocycles. The second-order valence-electron chi connectivity index (χ2n) is 5.06. The fourth-order valence-electron chi connectivity index (χ4n) is 1.46. The number of nitrogens with zero attached hydrogens (tertiary/aromatic N) is 2. The van der Waals surface area contributed by atoms with Crippen molar-refractivity contribution in [3.05, 3.63) is 10.1 Å². The molecule has 0 radical (unpaired) electrons. The van der Waals surface area contributed by atoms with E-state index in [1.807, 2.05) is 18.7 Å². The molecule has 0 amide bonds.